The molecule has 4 heterocycles. The summed E-state index contributed by atoms with van der Waals surface area (Å²) in [4.78, 5) is 31.0. The second kappa shape index (κ2) is 11.3. The average Bonchev–Trinajstić information content (AvgIpc) is 3.67. The SMILES string of the molecule is C[C@@H]1C[C@@H](N2Cc3cnc(Nc4cccc(COC5CC5)c4)nc3C2)CCN1C(=O)c1ccnc(NS(C)(=O)=O)c1. The molecule has 216 valence electrons. The first-order valence-electron chi connectivity index (χ1n) is 14.0. The van der Waals surface area contributed by atoms with Crippen molar-refractivity contribution >= 4 is 33.4 Å². The number of ether oxygens (including phenoxy) is 1. The molecule has 2 atom stereocenters. The minimum absolute atomic E-state index is 0.0314. The van der Waals surface area contributed by atoms with Crippen LogP contribution in [0.15, 0.2) is 48.8 Å². The van der Waals surface area contributed by atoms with Gasteiger partial charge in [0.15, 0.2) is 0 Å². The molecule has 0 bridgehead atoms. The molecule has 1 saturated heterocycles. The number of fused-ring (bicyclic) bond motifs is 1. The first kappa shape index (κ1) is 27.6. The Morgan fingerprint density at radius 3 is 2.76 bits per heavy atom. The fourth-order valence-corrected chi connectivity index (χ4v) is 6.06. The van der Waals surface area contributed by atoms with Crippen LogP contribution in [0.5, 0.6) is 0 Å². The summed E-state index contributed by atoms with van der Waals surface area (Å²) in [6.07, 6.45) is 8.85. The Balaban J connectivity index is 1.05. The third-order valence-corrected chi connectivity index (χ3v) is 8.38. The Bertz CT molecular complexity index is 1550. The van der Waals surface area contributed by atoms with Gasteiger partial charge in [-0.05, 0) is 62.4 Å². The molecule has 0 spiro atoms. The lowest BCUT2D eigenvalue weighted by atomic mass is 9.96. The highest BCUT2D eigenvalue weighted by Crippen LogP contribution is 2.31. The molecule has 3 aromatic rings. The number of anilines is 3. The van der Waals surface area contributed by atoms with Crippen LogP contribution < -0.4 is 10.0 Å². The molecule has 3 aliphatic rings. The van der Waals surface area contributed by atoms with Gasteiger partial charge in [-0.2, -0.15) is 0 Å². The van der Waals surface area contributed by atoms with Crippen LogP contribution in [0.3, 0.4) is 0 Å². The molecule has 2 aliphatic heterocycles. The van der Waals surface area contributed by atoms with E-state index in [2.05, 4.69) is 44.0 Å². The van der Waals surface area contributed by atoms with Crippen molar-refractivity contribution in [1.29, 1.82) is 0 Å². The summed E-state index contributed by atoms with van der Waals surface area (Å²) in [6, 6.07) is 11.6. The number of piperidine rings is 1. The summed E-state index contributed by atoms with van der Waals surface area (Å²) >= 11 is 0. The first-order valence-corrected chi connectivity index (χ1v) is 15.9. The molecule has 0 unspecified atom stereocenters. The molecule has 2 N–H and O–H groups in total. The Hall–Kier alpha value is -3.61. The average molecular weight is 578 g/mol. The number of benzene rings is 1. The lowest BCUT2D eigenvalue weighted by Crippen LogP contribution is -2.50. The van der Waals surface area contributed by atoms with Crippen molar-refractivity contribution in [3.05, 3.63) is 71.2 Å². The van der Waals surface area contributed by atoms with Gasteiger partial charge >= 0.3 is 0 Å². The smallest absolute Gasteiger partial charge is 0.254 e. The monoisotopic (exact) mass is 577 g/mol. The van der Waals surface area contributed by atoms with Crippen LogP contribution in [0.1, 0.15) is 59.8 Å². The van der Waals surface area contributed by atoms with Crippen molar-refractivity contribution < 1.29 is 17.9 Å². The number of nitrogens with zero attached hydrogens (tertiary/aromatic N) is 5. The Kier molecular flexibility index (Phi) is 7.62. The molecule has 12 heteroatoms. The van der Waals surface area contributed by atoms with Gasteiger partial charge in [0.05, 0.1) is 24.7 Å². The zero-order chi connectivity index (χ0) is 28.6. The highest BCUT2D eigenvalue weighted by atomic mass is 32.2. The van der Waals surface area contributed by atoms with E-state index in [9.17, 15) is 13.2 Å². The van der Waals surface area contributed by atoms with Crippen LogP contribution in [0.2, 0.25) is 0 Å². The van der Waals surface area contributed by atoms with E-state index in [-0.39, 0.29) is 17.8 Å². The predicted octanol–water partition coefficient (Wildman–Crippen LogP) is 3.67. The maximum atomic E-state index is 13.3. The van der Waals surface area contributed by atoms with Gasteiger partial charge in [-0.1, -0.05) is 12.1 Å². The van der Waals surface area contributed by atoms with E-state index in [1.165, 1.54) is 12.3 Å². The number of rotatable bonds is 9. The number of hydrogen-bond acceptors (Lipinski definition) is 9. The van der Waals surface area contributed by atoms with Gasteiger partial charge in [-0.15, -0.1) is 0 Å². The largest absolute Gasteiger partial charge is 0.374 e. The quantitative estimate of drug-likeness (QED) is 0.391. The zero-order valence-corrected chi connectivity index (χ0v) is 24.1. The van der Waals surface area contributed by atoms with Crippen LogP contribution in [0.25, 0.3) is 0 Å². The van der Waals surface area contributed by atoms with Crippen LogP contribution in [0, 0.1) is 0 Å². The van der Waals surface area contributed by atoms with Gasteiger partial charge in [0, 0.05) is 60.9 Å². The first-order chi connectivity index (χ1) is 19.7. The summed E-state index contributed by atoms with van der Waals surface area (Å²) in [5.41, 5.74) is 4.65. The van der Waals surface area contributed by atoms with Crippen molar-refractivity contribution in [3.8, 4) is 0 Å². The number of carbonyl (C=O) groups excluding carboxylic acids is 1. The van der Waals surface area contributed by atoms with Crippen molar-refractivity contribution in [1.82, 2.24) is 24.8 Å². The number of amides is 1. The maximum absolute atomic E-state index is 13.3. The minimum Gasteiger partial charge on any atom is -0.374 e. The molecule has 0 radical (unpaired) electrons. The van der Waals surface area contributed by atoms with E-state index < -0.39 is 10.0 Å². The van der Waals surface area contributed by atoms with Gasteiger partial charge in [-0.3, -0.25) is 14.4 Å². The predicted molar refractivity (Wildman–Crippen MR) is 155 cm³/mol. The van der Waals surface area contributed by atoms with E-state index in [1.54, 1.807) is 6.07 Å². The molecule has 2 fully saturated rings. The van der Waals surface area contributed by atoms with Crippen LogP contribution >= 0.6 is 0 Å². The molecule has 1 saturated carbocycles. The molecular weight excluding hydrogens is 542 g/mol. The Labute approximate surface area is 240 Å². The lowest BCUT2D eigenvalue weighted by molar-refractivity contribution is 0.0460. The third kappa shape index (κ3) is 6.83. The molecule has 1 aromatic carbocycles. The molecule has 41 heavy (non-hydrogen) atoms. The highest BCUT2D eigenvalue weighted by molar-refractivity contribution is 7.92. The summed E-state index contributed by atoms with van der Waals surface area (Å²) in [7, 11) is -3.48. The van der Waals surface area contributed by atoms with E-state index in [0.717, 1.165) is 67.5 Å². The number of aromatic nitrogens is 3. The topological polar surface area (TPSA) is 130 Å². The molecular formula is C29H35N7O4S. The number of carbonyl (C=O) groups is 1. The summed E-state index contributed by atoms with van der Waals surface area (Å²) in [6.45, 7) is 4.84. The minimum atomic E-state index is -3.48. The van der Waals surface area contributed by atoms with Crippen molar-refractivity contribution in [2.24, 2.45) is 0 Å². The Morgan fingerprint density at radius 2 is 1.98 bits per heavy atom. The fraction of sp³-hybridized carbons (Fsp3) is 0.448. The van der Waals surface area contributed by atoms with Crippen molar-refractivity contribution in [2.45, 2.75) is 70.5 Å². The number of sulfonamides is 1. The molecule has 11 nitrogen and oxygen atoms in total. The van der Waals surface area contributed by atoms with Crippen LogP contribution in [0.4, 0.5) is 17.5 Å². The normalized spacial score (nSPS) is 21.0. The summed E-state index contributed by atoms with van der Waals surface area (Å²) in [5, 5.41) is 3.35. The maximum Gasteiger partial charge on any atom is 0.254 e. The summed E-state index contributed by atoms with van der Waals surface area (Å²) < 4.78 is 31.3. The van der Waals surface area contributed by atoms with E-state index in [0.29, 0.717) is 36.8 Å². The number of hydrogen-bond donors (Lipinski definition) is 2. The molecule has 2 aromatic heterocycles. The molecule has 1 aliphatic carbocycles. The van der Waals surface area contributed by atoms with Crippen LogP contribution in [-0.4, -0.2) is 70.1 Å². The molecule has 6 rings (SSSR count). The van der Waals surface area contributed by atoms with Gasteiger partial charge in [0.25, 0.3) is 5.91 Å². The standard InChI is InChI=1S/C29H35N7O4S/c1-19-12-24(9-11-36(19)28(37)21-8-10-30-27(14-21)34-41(2,38)39)35-16-22-15-31-29(33-26(22)17-35)32-23-5-3-4-20(13-23)18-40-25-6-7-25/h3-5,8,10,13-15,19,24-25H,6-7,9,11-12,16-18H2,1-2H3,(H,30,34)(H,31,32,33)/t19-,24+/m1/s1. The van der Waals surface area contributed by atoms with Gasteiger partial charge < -0.3 is 15.0 Å². The van der Waals surface area contributed by atoms with Gasteiger partial charge in [-0.25, -0.2) is 23.4 Å². The number of pyridine rings is 1. The van der Waals surface area contributed by atoms with Crippen molar-refractivity contribution in [2.75, 3.05) is 22.8 Å². The van der Waals surface area contributed by atoms with E-state index in [1.807, 2.05) is 23.2 Å². The van der Waals surface area contributed by atoms with E-state index in [4.69, 9.17) is 9.72 Å². The van der Waals surface area contributed by atoms with E-state index >= 15 is 0 Å². The zero-order valence-electron chi connectivity index (χ0n) is 23.3. The second-order valence-corrected chi connectivity index (χ2v) is 13.0. The molecule has 1 amide bonds. The fourth-order valence-electron chi connectivity index (χ4n) is 5.57. The van der Waals surface area contributed by atoms with Gasteiger partial charge in [0.1, 0.15) is 5.82 Å². The number of likely N-dealkylation sites (tertiary alicyclic amines) is 1. The van der Waals surface area contributed by atoms with Crippen LogP contribution in [-0.2, 0) is 34.5 Å². The lowest BCUT2D eigenvalue weighted by Gasteiger charge is -2.41. The van der Waals surface area contributed by atoms with Crippen molar-refractivity contribution in [3.63, 3.8) is 0 Å². The van der Waals surface area contributed by atoms with Gasteiger partial charge in [0.2, 0.25) is 16.0 Å². The highest BCUT2D eigenvalue weighted by Gasteiger charge is 2.35. The Morgan fingerprint density at radius 1 is 1.12 bits per heavy atom. The third-order valence-electron chi connectivity index (χ3n) is 7.80. The summed E-state index contributed by atoms with van der Waals surface area (Å²) in [5.74, 6) is 0.604. The second-order valence-electron chi connectivity index (χ2n) is 11.2. The number of nitrogens with one attached hydrogen (secondary N) is 2.